The molecule has 3 aliphatic rings. The number of amidine groups is 1. The number of aromatic hydroxyl groups is 1. The van der Waals surface area contributed by atoms with Gasteiger partial charge >= 0.3 is 0 Å². The summed E-state index contributed by atoms with van der Waals surface area (Å²) in [5.41, 5.74) is 4.48. The van der Waals surface area contributed by atoms with Crippen LogP contribution in [-0.4, -0.2) is 119 Å². The predicted octanol–water partition coefficient (Wildman–Crippen LogP) is -0.400. The summed E-state index contributed by atoms with van der Waals surface area (Å²) in [4.78, 5) is 48.6. The number of hydrogen-bond donors (Lipinski definition) is 7. The number of carbonyl (C=O) groups is 3. The maximum Gasteiger partial charge on any atom is 0.255 e. The molecule has 1 aromatic carbocycles. The molecule has 4 atom stereocenters. The van der Waals surface area contributed by atoms with Crippen LogP contribution in [0.1, 0.15) is 17.5 Å². The van der Waals surface area contributed by atoms with E-state index in [2.05, 4.69) is 4.99 Å². The third-order valence-corrected chi connectivity index (χ3v) is 8.01. The van der Waals surface area contributed by atoms with Crippen molar-refractivity contribution >= 4 is 40.4 Å². The lowest BCUT2D eigenvalue weighted by atomic mass is 9.57. The molecule has 0 bridgehead atoms. The van der Waals surface area contributed by atoms with Gasteiger partial charge < -0.3 is 36.0 Å². The molecular formula is C27H36N6O8. The zero-order valence-electron chi connectivity index (χ0n) is 23.8. The smallest absolute Gasteiger partial charge is 0.255 e. The zero-order valence-corrected chi connectivity index (χ0v) is 23.8. The van der Waals surface area contributed by atoms with Crippen LogP contribution in [0.2, 0.25) is 0 Å². The molecule has 0 aromatic heterocycles. The highest BCUT2D eigenvalue weighted by molar-refractivity contribution is 6.24. The number of aliphatic hydroxyl groups excluding tert-OH is 2. The summed E-state index contributed by atoms with van der Waals surface area (Å²) in [7, 11) is 10.1. The maximum absolute atomic E-state index is 14.0. The van der Waals surface area contributed by atoms with Crippen LogP contribution >= 0.6 is 0 Å². The molecule has 1 aromatic rings. The van der Waals surface area contributed by atoms with Gasteiger partial charge in [0.2, 0.25) is 5.78 Å². The number of amides is 1. The SMILES string of the molecule is CN(C)CC(=Nc1cc(N(C)C)c2c(c1O)C(O)=C1C(=O)[C@]3(O)C(O)=C(C(N)=O)C(=O)[C@@H](N(C)C)C3CC1C2)NO. The number of carbonyl (C=O) groups excluding carboxylic acids is 3. The Balaban J connectivity index is 1.99. The molecule has 1 amide bonds. The number of rotatable bonds is 6. The van der Waals surface area contributed by atoms with Gasteiger partial charge in [0.15, 0.2) is 17.1 Å². The first-order valence-electron chi connectivity index (χ1n) is 12.9. The van der Waals surface area contributed by atoms with E-state index in [9.17, 15) is 40.0 Å². The molecular weight excluding hydrogens is 536 g/mol. The van der Waals surface area contributed by atoms with Crippen LogP contribution in [0.25, 0.3) is 5.76 Å². The van der Waals surface area contributed by atoms with Crippen LogP contribution in [0.4, 0.5) is 11.4 Å². The Morgan fingerprint density at radius 3 is 2.29 bits per heavy atom. The number of likely N-dealkylation sites (N-methyl/N-ethyl adjacent to an activating group) is 2. The van der Waals surface area contributed by atoms with Crippen LogP contribution in [-0.2, 0) is 20.8 Å². The molecule has 1 fully saturated rings. The van der Waals surface area contributed by atoms with Crippen LogP contribution in [0, 0.1) is 11.8 Å². The molecule has 0 radical (unpaired) electrons. The van der Waals surface area contributed by atoms with E-state index in [1.807, 2.05) is 5.48 Å². The third-order valence-electron chi connectivity index (χ3n) is 8.01. The van der Waals surface area contributed by atoms with Gasteiger partial charge in [0, 0.05) is 31.3 Å². The number of ketones is 2. The Morgan fingerprint density at radius 2 is 1.78 bits per heavy atom. The molecule has 222 valence electrons. The standard InChI is InChI=1S/C27H36N6O8/c1-31(2)10-16(30-41)29-14-9-15(32(3)4)12-7-11-8-13-20(33(5)6)23(36)19(26(28)39)25(38)27(13,40)24(37)17(11)22(35)18(12)21(14)34/h9,11,13,20,34-35,38,40-41H,7-8,10H2,1-6H3,(H2,28,39)(H,29,30)/t11?,13?,20-,27-/m0/s1. The van der Waals surface area contributed by atoms with Crippen molar-refractivity contribution in [1.29, 1.82) is 0 Å². The number of fused-ring (bicyclic) bond motifs is 3. The van der Waals surface area contributed by atoms with E-state index in [0.717, 1.165) is 0 Å². The number of nitrogens with zero attached hydrogens (tertiary/aromatic N) is 4. The van der Waals surface area contributed by atoms with Crippen molar-refractivity contribution < 1.29 is 40.0 Å². The number of phenolic OH excluding ortho intramolecular Hbond substituents is 1. The Bertz CT molecular complexity index is 1430. The minimum atomic E-state index is -2.72. The number of benzene rings is 1. The molecule has 3 aliphatic carbocycles. The van der Waals surface area contributed by atoms with Crippen molar-refractivity contribution in [3.63, 3.8) is 0 Å². The predicted molar refractivity (Wildman–Crippen MR) is 149 cm³/mol. The molecule has 0 spiro atoms. The first kappa shape index (κ1) is 30.0. The van der Waals surface area contributed by atoms with Crippen molar-refractivity contribution in [1.82, 2.24) is 15.3 Å². The summed E-state index contributed by atoms with van der Waals surface area (Å²) >= 11 is 0. The number of primary amides is 1. The van der Waals surface area contributed by atoms with Crippen LogP contribution < -0.4 is 16.1 Å². The highest BCUT2D eigenvalue weighted by Gasteiger charge is 2.64. The van der Waals surface area contributed by atoms with Gasteiger partial charge in [-0.1, -0.05) is 0 Å². The molecule has 0 heterocycles. The van der Waals surface area contributed by atoms with E-state index in [1.165, 1.54) is 4.90 Å². The molecule has 2 unspecified atom stereocenters. The van der Waals surface area contributed by atoms with Crippen LogP contribution in [0.3, 0.4) is 0 Å². The lowest BCUT2D eigenvalue weighted by molar-refractivity contribution is -0.153. The first-order chi connectivity index (χ1) is 19.1. The Hall–Kier alpha value is -3.98. The Labute approximate surface area is 236 Å². The number of aliphatic imine (C=N–C) groups is 1. The summed E-state index contributed by atoms with van der Waals surface area (Å²) < 4.78 is 0. The minimum Gasteiger partial charge on any atom is -0.508 e. The largest absolute Gasteiger partial charge is 0.508 e. The van der Waals surface area contributed by atoms with Gasteiger partial charge in [-0.2, -0.15) is 0 Å². The van der Waals surface area contributed by atoms with E-state index < -0.39 is 63.8 Å². The fourth-order valence-electron chi connectivity index (χ4n) is 6.30. The summed E-state index contributed by atoms with van der Waals surface area (Å²) in [5.74, 6) is -7.20. The lowest BCUT2D eigenvalue weighted by Crippen LogP contribution is -2.65. The van der Waals surface area contributed by atoms with E-state index in [0.29, 0.717) is 11.3 Å². The number of hydroxylamine groups is 1. The first-order valence-corrected chi connectivity index (χ1v) is 12.9. The van der Waals surface area contributed by atoms with E-state index in [4.69, 9.17) is 5.73 Å². The molecule has 4 rings (SSSR count). The molecule has 0 saturated heterocycles. The van der Waals surface area contributed by atoms with Gasteiger partial charge in [0.1, 0.15) is 28.6 Å². The van der Waals surface area contributed by atoms with Gasteiger partial charge in [-0.3, -0.25) is 30.0 Å². The molecule has 8 N–H and O–H groups in total. The summed E-state index contributed by atoms with van der Waals surface area (Å²) in [6.07, 6.45) is 0.128. The second-order valence-electron chi connectivity index (χ2n) is 11.4. The van der Waals surface area contributed by atoms with Crippen LogP contribution in [0.5, 0.6) is 5.75 Å². The fourth-order valence-corrected chi connectivity index (χ4v) is 6.30. The van der Waals surface area contributed by atoms with Gasteiger partial charge in [-0.05, 0) is 58.6 Å². The van der Waals surface area contributed by atoms with E-state index in [-0.39, 0.29) is 42.0 Å². The average molecular weight is 573 g/mol. The number of hydrogen-bond acceptors (Lipinski definition) is 12. The molecule has 1 saturated carbocycles. The second kappa shape index (κ2) is 10.4. The fraction of sp³-hybridized carbons (Fsp3) is 0.481. The number of aliphatic hydroxyl groups is 3. The molecule has 41 heavy (non-hydrogen) atoms. The van der Waals surface area contributed by atoms with E-state index in [1.54, 1.807) is 58.2 Å². The van der Waals surface area contributed by atoms with Crippen molar-refractivity contribution in [3.8, 4) is 5.75 Å². The van der Waals surface area contributed by atoms with E-state index >= 15 is 0 Å². The Kier molecular flexibility index (Phi) is 7.64. The van der Waals surface area contributed by atoms with Gasteiger partial charge in [0.05, 0.1) is 18.2 Å². The Morgan fingerprint density at radius 1 is 1.15 bits per heavy atom. The number of nitrogens with one attached hydrogen (secondary N) is 1. The monoisotopic (exact) mass is 572 g/mol. The van der Waals surface area contributed by atoms with Gasteiger partial charge in [-0.25, -0.2) is 4.99 Å². The van der Waals surface area contributed by atoms with Crippen molar-refractivity contribution in [2.75, 3.05) is 53.7 Å². The topological polar surface area (TPSA) is 212 Å². The van der Waals surface area contributed by atoms with Gasteiger partial charge in [-0.15, -0.1) is 0 Å². The summed E-state index contributed by atoms with van der Waals surface area (Å²) in [6, 6.07) is 0.424. The van der Waals surface area contributed by atoms with Crippen molar-refractivity contribution in [2.45, 2.75) is 24.5 Å². The molecule has 14 heteroatoms. The van der Waals surface area contributed by atoms with Crippen LogP contribution in [0.15, 0.2) is 28.0 Å². The minimum absolute atomic E-state index is 0.00834. The van der Waals surface area contributed by atoms with Gasteiger partial charge in [0.25, 0.3) is 5.91 Å². The number of nitrogens with two attached hydrogens (primary N) is 1. The quantitative estimate of drug-likeness (QED) is 0.100. The number of anilines is 1. The molecule has 14 nitrogen and oxygen atoms in total. The lowest BCUT2D eigenvalue weighted by Gasteiger charge is -2.50. The summed E-state index contributed by atoms with van der Waals surface area (Å²) in [6.45, 7) is 0.186. The number of phenols is 1. The average Bonchev–Trinajstić information content (AvgIpc) is 2.86. The third kappa shape index (κ3) is 4.52. The number of Topliss-reactive ketones (excluding diaryl/α,β-unsaturated/α-hetero) is 2. The van der Waals surface area contributed by atoms with Crippen molar-refractivity contribution in [2.24, 2.45) is 22.6 Å². The maximum atomic E-state index is 14.0. The molecule has 0 aliphatic heterocycles. The zero-order chi connectivity index (χ0) is 30.7. The highest BCUT2D eigenvalue weighted by Crippen LogP contribution is 2.54. The van der Waals surface area contributed by atoms with Crippen molar-refractivity contribution in [3.05, 3.63) is 34.1 Å². The second-order valence-corrected chi connectivity index (χ2v) is 11.4. The highest BCUT2D eigenvalue weighted by atomic mass is 16.5. The summed E-state index contributed by atoms with van der Waals surface area (Å²) in [5, 5.41) is 55.2. The normalized spacial score (nSPS) is 26.3.